The maximum Gasteiger partial charge on any atom is 0.238 e. The predicted octanol–water partition coefficient (Wildman–Crippen LogP) is 2.21. The molecule has 1 fully saturated rings. The molecule has 1 aliphatic heterocycles. The first kappa shape index (κ1) is 19.1. The minimum atomic E-state index is -0.274. The summed E-state index contributed by atoms with van der Waals surface area (Å²) in [5.74, 6) is 0.733. The topological polar surface area (TPSA) is 76.8 Å². The summed E-state index contributed by atoms with van der Waals surface area (Å²) >= 11 is 0. The number of hydrogen-bond donors (Lipinski definition) is 2. The summed E-state index contributed by atoms with van der Waals surface area (Å²) in [6.07, 6.45) is 0. The molecule has 3 rings (SSSR count). The van der Waals surface area contributed by atoms with Gasteiger partial charge < -0.3 is 20.5 Å². The van der Waals surface area contributed by atoms with Gasteiger partial charge in [0.1, 0.15) is 5.82 Å². The molecule has 144 valence electrons. The van der Waals surface area contributed by atoms with Gasteiger partial charge in [-0.25, -0.2) is 4.39 Å². The lowest BCUT2D eigenvalue weighted by atomic mass is 9.95. The number of nitrogens with zero attached hydrogens (tertiary/aromatic N) is 1. The molecule has 0 bridgehead atoms. The van der Waals surface area contributed by atoms with Gasteiger partial charge in [-0.3, -0.25) is 9.69 Å². The quantitative estimate of drug-likeness (QED) is 0.812. The summed E-state index contributed by atoms with van der Waals surface area (Å²) in [6.45, 7) is 1.42. The van der Waals surface area contributed by atoms with Crippen LogP contribution in [-0.4, -0.2) is 50.7 Å². The average molecular weight is 373 g/mol. The van der Waals surface area contributed by atoms with Crippen LogP contribution in [0.25, 0.3) is 0 Å². The predicted molar refractivity (Wildman–Crippen MR) is 102 cm³/mol. The summed E-state index contributed by atoms with van der Waals surface area (Å²) in [5.41, 5.74) is 7.72. The van der Waals surface area contributed by atoms with Gasteiger partial charge in [-0.15, -0.1) is 0 Å². The molecule has 0 aromatic heterocycles. The second-order valence-electron chi connectivity index (χ2n) is 6.64. The van der Waals surface area contributed by atoms with Crippen LogP contribution >= 0.6 is 0 Å². The van der Waals surface area contributed by atoms with Crippen LogP contribution in [0.3, 0.4) is 0 Å². The highest BCUT2D eigenvalue weighted by molar-refractivity contribution is 5.92. The highest BCUT2D eigenvalue weighted by Crippen LogP contribution is 2.30. The molecule has 2 aromatic carbocycles. The van der Waals surface area contributed by atoms with Gasteiger partial charge in [-0.2, -0.15) is 0 Å². The molecule has 2 atom stereocenters. The van der Waals surface area contributed by atoms with Crippen LogP contribution in [0.1, 0.15) is 11.5 Å². The lowest BCUT2D eigenvalue weighted by molar-refractivity contribution is -0.117. The van der Waals surface area contributed by atoms with Gasteiger partial charge >= 0.3 is 0 Å². The number of rotatable bonds is 6. The molecule has 0 unspecified atom stereocenters. The number of amides is 1. The van der Waals surface area contributed by atoms with Gasteiger partial charge in [0.25, 0.3) is 0 Å². The Morgan fingerprint density at radius 2 is 1.96 bits per heavy atom. The zero-order valence-corrected chi connectivity index (χ0v) is 15.4. The van der Waals surface area contributed by atoms with E-state index in [-0.39, 0.29) is 30.2 Å². The molecule has 27 heavy (non-hydrogen) atoms. The molecule has 2 aromatic rings. The van der Waals surface area contributed by atoms with Gasteiger partial charge in [0.2, 0.25) is 5.91 Å². The van der Waals surface area contributed by atoms with E-state index in [0.29, 0.717) is 30.3 Å². The fourth-order valence-electron chi connectivity index (χ4n) is 3.45. The van der Waals surface area contributed by atoms with Crippen molar-refractivity contribution < 1.29 is 18.7 Å². The van der Waals surface area contributed by atoms with Crippen molar-refractivity contribution in [2.24, 2.45) is 5.73 Å². The molecule has 0 aliphatic carbocycles. The van der Waals surface area contributed by atoms with E-state index in [4.69, 9.17) is 15.2 Å². The fourth-order valence-corrected chi connectivity index (χ4v) is 3.45. The Kier molecular flexibility index (Phi) is 5.93. The number of anilines is 1. The van der Waals surface area contributed by atoms with Crippen LogP contribution in [0.2, 0.25) is 0 Å². The monoisotopic (exact) mass is 373 g/mol. The van der Waals surface area contributed by atoms with Crippen molar-refractivity contribution in [1.29, 1.82) is 0 Å². The second kappa shape index (κ2) is 8.37. The van der Waals surface area contributed by atoms with Crippen molar-refractivity contribution in [3.63, 3.8) is 0 Å². The molecule has 1 heterocycles. The van der Waals surface area contributed by atoms with Gasteiger partial charge in [0.05, 0.1) is 20.8 Å². The number of carbonyl (C=O) groups excluding carboxylic acids is 1. The fraction of sp³-hybridized carbons (Fsp3) is 0.350. The van der Waals surface area contributed by atoms with E-state index < -0.39 is 0 Å². The number of carbonyl (C=O) groups is 1. The molecule has 7 heteroatoms. The second-order valence-corrected chi connectivity index (χ2v) is 6.64. The summed E-state index contributed by atoms with van der Waals surface area (Å²) in [5, 5.41) is 2.86. The van der Waals surface area contributed by atoms with Crippen molar-refractivity contribution in [3.8, 4) is 11.5 Å². The van der Waals surface area contributed by atoms with E-state index in [1.165, 1.54) is 12.1 Å². The van der Waals surface area contributed by atoms with Crippen LogP contribution in [0, 0.1) is 5.82 Å². The lowest BCUT2D eigenvalue weighted by Gasteiger charge is -2.16. The highest BCUT2D eigenvalue weighted by atomic mass is 19.1. The maximum absolute atomic E-state index is 13.5. The normalized spacial score (nSPS) is 19.7. The van der Waals surface area contributed by atoms with Crippen LogP contribution in [0.5, 0.6) is 11.5 Å². The molecule has 0 spiro atoms. The molecular formula is C20H24FN3O3. The molecule has 3 N–H and O–H groups in total. The van der Waals surface area contributed by atoms with Gasteiger partial charge in [0.15, 0.2) is 11.5 Å². The zero-order valence-electron chi connectivity index (χ0n) is 15.4. The Labute approximate surface area is 158 Å². The van der Waals surface area contributed by atoms with Crippen LogP contribution in [0.4, 0.5) is 10.1 Å². The van der Waals surface area contributed by atoms with Crippen LogP contribution in [0.15, 0.2) is 42.5 Å². The van der Waals surface area contributed by atoms with E-state index in [2.05, 4.69) is 5.32 Å². The Morgan fingerprint density at radius 1 is 1.19 bits per heavy atom. The third-order valence-corrected chi connectivity index (χ3v) is 4.75. The first-order chi connectivity index (χ1) is 13.0. The number of halogens is 1. The molecule has 1 amide bonds. The Hall–Kier alpha value is -2.64. The molecular weight excluding hydrogens is 349 g/mol. The number of nitrogens with one attached hydrogen (secondary N) is 1. The van der Waals surface area contributed by atoms with E-state index in [9.17, 15) is 9.18 Å². The third-order valence-electron chi connectivity index (χ3n) is 4.75. The standard InChI is InChI=1S/C20H24FN3O3/c1-26-18-7-6-15(9-19(18)27-2)23-20(25)12-24-10-16(17(22)11-24)13-4-3-5-14(21)8-13/h3-9,16-17H,10-12,22H2,1-2H3,(H,23,25)/t16-,17+/m0/s1. The number of hydrogen-bond acceptors (Lipinski definition) is 5. The van der Waals surface area contributed by atoms with E-state index in [1.807, 2.05) is 11.0 Å². The van der Waals surface area contributed by atoms with Crippen molar-refractivity contribution in [2.75, 3.05) is 39.2 Å². The first-order valence-corrected chi connectivity index (χ1v) is 8.75. The third kappa shape index (κ3) is 4.56. The number of ether oxygens (including phenoxy) is 2. The average Bonchev–Trinajstić information content (AvgIpc) is 3.01. The molecule has 1 saturated heterocycles. The summed E-state index contributed by atoms with van der Waals surface area (Å²) in [6, 6.07) is 11.5. The van der Waals surface area contributed by atoms with Crippen molar-refractivity contribution in [3.05, 3.63) is 53.8 Å². The van der Waals surface area contributed by atoms with Crippen LogP contribution in [-0.2, 0) is 4.79 Å². The number of methoxy groups -OCH3 is 2. The van der Waals surface area contributed by atoms with E-state index >= 15 is 0 Å². The summed E-state index contributed by atoms with van der Waals surface area (Å²) < 4.78 is 23.9. The Morgan fingerprint density at radius 3 is 2.67 bits per heavy atom. The van der Waals surface area contributed by atoms with Gasteiger partial charge in [-0.1, -0.05) is 12.1 Å². The Bertz CT molecular complexity index is 815. The maximum atomic E-state index is 13.5. The van der Waals surface area contributed by atoms with Gasteiger partial charge in [0, 0.05) is 36.8 Å². The Balaban J connectivity index is 1.60. The molecule has 0 radical (unpaired) electrons. The van der Waals surface area contributed by atoms with E-state index in [1.54, 1.807) is 38.5 Å². The number of likely N-dealkylation sites (tertiary alicyclic amines) is 1. The molecule has 0 saturated carbocycles. The largest absolute Gasteiger partial charge is 0.493 e. The minimum absolute atomic E-state index is 0.00887. The van der Waals surface area contributed by atoms with E-state index in [0.717, 1.165) is 5.56 Å². The van der Waals surface area contributed by atoms with Crippen LogP contribution < -0.4 is 20.5 Å². The lowest BCUT2D eigenvalue weighted by Crippen LogP contribution is -2.33. The smallest absolute Gasteiger partial charge is 0.238 e. The molecule has 6 nitrogen and oxygen atoms in total. The van der Waals surface area contributed by atoms with Crippen molar-refractivity contribution >= 4 is 11.6 Å². The van der Waals surface area contributed by atoms with Gasteiger partial charge in [-0.05, 0) is 29.8 Å². The summed E-state index contributed by atoms with van der Waals surface area (Å²) in [7, 11) is 3.10. The minimum Gasteiger partial charge on any atom is -0.493 e. The SMILES string of the molecule is COc1ccc(NC(=O)CN2C[C@@H](N)[C@H](c3cccc(F)c3)C2)cc1OC. The van der Waals surface area contributed by atoms with Crippen molar-refractivity contribution in [1.82, 2.24) is 4.90 Å². The number of benzene rings is 2. The van der Waals surface area contributed by atoms with Crippen molar-refractivity contribution in [2.45, 2.75) is 12.0 Å². The first-order valence-electron chi connectivity index (χ1n) is 8.75. The molecule has 1 aliphatic rings. The zero-order chi connectivity index (χ0) is 19.4. The summed E-state index contributed by atoms with van der Waals surface area (Å²) in [4.78, 5) is 14.4. The highest BCUT2D eigenvalue weighted by Gasteiger charge is 2.32. The number of nitrogens with two attached hydrogens (primary N) is 1.